The fourth-order valence-electron chi connectivity index (χ4n) is 5.62. The molecule has 2 aliphatic rings. The number of rotatable bonds is 4. The van der Waals surface area contributed by atoms with E-state index in [1.165, 1.54) is 0 Å². The molecule has 2 aliphatic heterocycles. The van der Waals surface area contributed by atoms with Crippen molar-refractivity contribution in [3.05, 3.63) is 42.1 Å². The second-order valence-electron chi connectivity index (χ2n) is 10.4. The number of nitrogens with zero attached hydrogens (tertiary/aromatic N) is 6. The van der Waals surface area contributed by atoms with Crippen molar-refractivity contribution in [1.29, 1.82) is 0 Å². The van der Waals surface area contributed by atoms with E-state index in [1.54, 1.807) is 0 Å². The van der Waals surface area contributed by atoms with Gasteiger partial charge in [-0.2, -0.15) is 4.98 Å². The Balaban J connectivity index is 1.61. The number of ether oxygens (including phenoxy) is 2. The van der Waals surface area contributed by atoms with E-state index in [-0.39, 0.29) is 6.04 Å². The molecule has 0 amide bonds. The molecule has 10 heteroatoms. The van der Waals surface area contributed by atoms with Crippen LogP contribution >= 0.6 is 0 Å². The second-order valence-corrected chi connectivity index (χ2v) is 10.4. The van der Waals surface area contributed by atoms with Gasteiger partial charge >= 0.3 is 0 Å². The van der Waals surface area contributed by atoms with Crippen LogP contribution < -0.4 is 10.2 Å². The highest BCUT2D eigenvalue weighted by molar-refractivity contribution is 5.81. The molecule has 190 valence electrons. The Morgan fingerprint density at radius 3 is 2.69 bits per heavy atom. The third kappa shape index (κ3) is 3.71. The summed E-state index contributed by atoms with van der Waals surface area (Å²) in [6.45, 7) is 8.65. The average Bonchev–Trinajstić information content (AvgIpc) is 3.45. The molecule has 2 N–H and O–H groups in total. The van der Waals surface area contributed by atoms with Crippen molar-refractivity contribution in [3.8, 4) is 5.95 Å². The monoisotopic (exact) mass is 491 g/mol. The van der Waals surface area contributed by atoms with E-state index in [0.717, 1.165) is 34.6 Å². The third-order valence-electron chi connectivity index (χ3n) is 7.31. The SMILES string of the molecule is CNc1nc2ccccc2n1-c1nc(N2CCOC[C@H]2C)c2ccc(C3(O)CCOC(C)(C)C3)n2n1. The van der Waals surface area contributed by atoms with Gasteiger partial charge in [-0.15, -0.1) is 5.10 Å². The maximum Gasteiger partial charge on any atom is 0.257 e. The van der Waals surface area contributed by atoms with E-state index >= 15 is 0 Å². The van der Waals surface area contributed by atoms with Gasteiger partial charge < -0.3 is 24.8 Å². The van der Waals surface area contributed by atoms with Crippen molar-refractivity contribution < 1.29 is 14.6 Å². The largest absolute Gasteiger partial charge is 0.383 e. The summed E-state index contributed by atoms with van der Waals surface area (Å²) >= 11 is 0. The number of anilines is 2. The van der Waals surface area contributed by atoms with Gasteiger partial charge in [0.25, 0.3) is 5.95 Å². The second kappa shape index (κ2) is 8.43. The Kier molecular flexibility index (Phi) is 5.43. The molecule has 5 heterocycles. The minimum absolute atomic E-state index is 0.150. The zero-order chi connectivity index (χ0) is 25.1. The number of imidazole rings is 1. The predicted molar refractivity (Wildman–Crippen MR) is 138 cm³/mol. The molecule has 0 spiro atoms. The number of nitrogens with one attached hydrogen (secondary N) is 1. The van der Waals surface area contributed by atoms with Crippen LogP contribution in [0.3, 0.4) is 0 Å². The molecule has 1 aromatic carbocycles. The van der Waals surface area contributed by atoms with E-state index in [2.05, 4.69) is 17.1 Å². The summed E-state index contributed by atoms with van der Waals surface area (Å²) in [5.74, 6) is 1.95. The lowest BCUT2D eigenvalue weighted by Crippen LogP contribution is -2.45. The van der Waals surface area contributed by atoms with Crippen molar-refractivity contribution in [3.63, 3.8) is 0 Å². The number of benzene rings is 1. The lowest BCUT2D eigenvalue weighted by molar-refractivity contribution is -0.150. The molecule has 2 saturated heterocycles. The lowest BCUT2D eigenvalue weighted by Gasteiger charge is -2.41. The van der Waals surface area contributed by atoms with Crippen LogP contribution in [0.5, 0.6) is 0 Å². The zero-order valence-corrected chi connectivity index (χ0v) is 21.2. The van der Waals surface area contributed by atoms with Gasteiger partial charge in [0.2, 0.25) is 5.95 Å². The van der Waals surface area contributed by atoms with E-state index in [4.69, 9.17) is 24.5 Å². The first-order chi connectivity index (χ1) is 17.3. The summed E-state index contributed by atoms with van der Waals surface area (Å²) in [6.07, 6.45) is 0.978. The predicted octanol–water partition coefficient (Wildman–Crippen LogP) is 3.11. The van der Waals surface area contributed by atoms with Crippen LogP contribution in [0.25, 0.3) is 22.5 Å². The maximum absolute atomic E-state index is 11.9. The summed E-state index contributed by atoms with van der Waals surface area (Å²) in [5, 5.41) is 20.1. The van der Waals surface area contributed by atoms with E-state index in [1.807, 2.05) is 66.4 Å². The fourth-order valence-corrected chi connectivity index (χ4v) is 5.62. The summed E-state index contributed by atoms with van der Waals surface area (Å²) in [6, 6.07) is 12.1. The first-order valence-corrected chi connectivity index (χ1v) is 12.6. The molecule has 1 unspecified atom stereocenters. The fraction of sp³-hybridized carbons (Fsp3) is 0.500. The number of hydrogen-bond donors (Lipinski definition) is 2. The molecule has 6 rings (SSSR count). The highest BCUT2D eigenvalue weighted by Gasteiger charge is 2.43. The summed E-state index contributed by atoms with van der Waals surface area (Å²) in [5.41, 5.74) is 1.85. The summed E-state index contributed by atoms with van der Waals surface area (Å²) in [4.78, 5) is 12.1. The van der Waals surface area contributed by atoms with Crippen molar-refractivity contribution >= 4 is 28.3 Å². The van der Waals surface area contributed by atoms with Crippen LogP contribution in [-0.2, 0) is 15.1 Å². The Morgan fingerprint density at radius 1 is 1.08 bits per heavy atom. The van der Waals surface area contributed by atoms with Gasteiger partial charge in [-0.05, 0) is 45.0 Å². The van der Waals surface area contributed by atoms with Crippen LogP contribution in [0.4, 0.5) is 11.8 Å². The van der Waals surface area contributed by atoms with Gasteiger partial charge in [-0.1, -0.05) is 12.1 Å². The van der Waals surface area contributed by atoms with Gasteiger partial charge in [0, 0.05) is 26.4 Å². The van der Waals surface area contributed by atoms with E-state index in [0.29, 0.717) is 44.6 Å². The highest BCUT2D eigenvalue weighted by Crippen LogP contribution is 2.41. The molecule has 3 aromatic heterocycles. The van der Waals surface area contributed by atoms with E-state index < -0.39 is 11.2 Å². The number of morpholine rings is 1. The Morgan fingerprint density at radius 2 is 1.92 bits per heavy atom. The summed E-state index contributed by atoms with van der Waals surface area (Å²) < 4.78 is 15.4. The Hall–Kier alpha value is -3.21. The molecule has 2 fully saturated rings. The molecular weight excluding hydrogens is 458 g/mol. The van der Waals surface area contributed by atoms with Crippen LogP contribution in [0.15, 0.2) is 36.4 Å². The quantitative estimate of drug-likeness (QED) is 0.449. The number of hydrogen-bond acceptors (Lipinski definition) is 8. The van der Waals surface area contributed by atoms with Crippen LogP contribution in [0.2, 0.25) is 0 Å². The number of para-hydroxylation sites is 2. The van der Waals surface area contributed by atoms with Crippen LogP contribution in [0.1, 0.15) is 39.3 Å². The molecule has 0 bridgehead atoms. The van der Waals surface area contributed by atoms with Crippen LogP contribution in [-0.4, -0.2) is 74.3 Å². The topological polar surface area (TPSA) is 102 Å². The normalized spacial score (nSPS) is 24.5. The minimum Gasteiger partial charge on any atom is -0.383 e. The number of aliphatic hydroxyl groups is 1. The van der Waals surface area contributed by atoms with Gasteiger partial charge in [-0.3, -0.25) is 0 Å². The molecule has 2 atom stereocenters. The Bertz CT molecular complexity index is 1430. The van der Waals surface area contributed by atoms with Crippen LogP contribution in [0, 0.1) is 0 Å². The molecule has 0 radical (unpaired) electrons. The average molecular weight is 492 g/mol. The van der Waals surface area contributed by atoms with E-state index in [9.17, 15) is 5.11 Å². The molecular formula is C26H33N7O3. The van der Waals surface area contributed by atoms with Crippen molar-refractivity contribution in [2.45, 2.75) is 50.9 Å². The minimum atomic E-state index is -1.07. The zero-order valence-electron chi connectivity index (χ0n) is 21.2. The molecule has 0 saturated carbocycles. The molecule has 4 aromatic rings. The maximum atomic E-state index is 11.9. The number of fused-ring (bicyclic) bond motifs is 2. The van der Waals surface area contributed by atoms with Gasteiger partial charge in [-0.25, -0.2) is 14.1 Å². The first-order valence-electron chi connectivity index (χ1n) is 12.6. The Labute approximate surface area is 209 Å². The first kappa shape index (κ1) is 23.2. The van der Waals surface area contributed by atoms with Crippen molar-refractivity contribution in [2.24, 2.45) is 0 Å². The molecule has 10 nitrogen and oxygen atoms in total. The highest BCUT2D eigenvalue weighted by atomic mass is 16.5. The lowest BCUT2D eigenvalue weighted by atomic mass is 9.82. The molecule has 36 heavy (non-hydrogen) atoms. The summed E-state index contributed by atoms with van der Waals surface area (Å²) in [7, 11) is 1.84. The molecule has 0 aliphatic carbocycles. The van der Waals surface area contributed by atoms with Gasteiger partial charge in [0.15, 0.2) is 5.82 Å². The van der Waals surface area contributed by atoms with Crippen molar-refractivity contribution in [1.82, 2.24) is 24.1 Å². The third-order valence-corrected chi connectivity index (χ3v) is 7.31. The van der Waals surface area contributed by atoms with Gasteiger partial charge in [0.1, 0.15) is 11.1 Å². The smallest absolute Gasteiger partial charge is 0.257 e. The van der Waals surface area contributed by atoms with Gasteiger partial charge in [0.05, 0.1) is 48.2 Å². The standard InChI is InChI=1S/C26H33N7O3/c1-17-15-35-14-12-31(17)22-20-9-10-21(26(34)11-13-36-25(2,3)16-26)33(20)30-24(29-22)32-19-8-6-5-7-18(19)28-23(32)27-4/h5-10,17,34H,11-16H2,1-4H3,(H,27,28)/t17-,26?/m1/s1. The van der Waals surface area contributed by atoms with Crippen molar-refractivity contribution in [2.75, 3.05) is 43.6 Å². The number of aromatic nitrogens is 5.